The van der Waals surface area contributed by atoms with Crippen molar-refractivity contribution in [3.8, 4) is 0 Å². The lowest BCUT2D eigenvalue weighted by Gasteiger charge is -2.06. The molecule has 0 fully saturated rings. The fourth-order valence-electron chi connectivity index (χ4n) is 1.54. The van der Waals surface area contributed by atoms with Gasteiger partial charge in [0.05, 0.1) is 24.6 Å². The van der Waals surface area contributed by atoms with E-state index in [9.17, 15) is 4.79 Å². The van der Waals surface area contributed by atoms with E-state index in [4.69, 9.17) is 0 Å². The number of nitrogens with zero attached hydrogens (tertiary/aromatic N) is 1. The van der Waals surface area contributed by atoms with Crippen LogP contribution in [-0.2, 0) is 9.53 Å². The SMILES string of the molecule is COC(=O)CC(C)Sc1nc2ccccc2[nH]1. The molecule has 1 aromatic heterocycles. The van der Waals surface area contributed by atoms with Crippen LogP contribution in [0.4, 0.5) is 0 Å². The van der Waals surface area contributed by atoms with Crippen molar-refractivity contribution in [2.45, 2.75) is 23.8 Å². The number of rotatable bonds is 4. The zero-order chi connectivity index (χ0) is 12.3. The number of methoxy groups -OCH3 is 1. The van der Waals surface area contributed by atoms with Crippen LogP contribution >= 0.6 is 11.8 Å². The van der Waals surface area contributed by atoms with Gasteiger partial charge in [-0.2, -0.15) is 0 Å². The van der Waals surface area contributed by atoms with Crippen molar-refractivity contribution >= 4 is 28.8 Å². The van der Waals surface area contributed by atoms with Gasteiger partial charge in [-0.15, -0.1) is 0 Å². The Hall–Kier alpha value is -1.49. The summed E-state index contributed by atoms with van der Waals surface area (Å²) in [6.45, 7) is 1.98. The number of benzene rings is 1. The molecule has 0 aliphatic rings. The maximum Gasteiger partial charge on any atom is 0.306 e. The molecule has 1 N–H and O–H groups in total. The number of fused-ring (bicyclic) bond motifs is 1. The molecule has 1 unspecified atom stereocenters. The highest BCUT2D eigenvalue weighted by Gasteiger charge is 2.12. The van der Waals surface area contributed by atoms with Crippen LogP contribution in [0.5, 0.6) is 0 Å². The highest BCUT2D eigenvalue weighted by molar-refractivity contribution is 7.99. The molecule has 2 aromatic rings. The lowest BCUT2D eigenvalue weighted by molar-refractivity contribution is -0.140. The molecule has 0 bridgehead atoms. The van der Waals surface area contributed by atoms with Gasteiger partial charge in [-0.25, -0.2) is 4.98 Å². The van der Waals surface area contributed by atoms with Crippen molar-refractivity contribution < 1.29 is 9.53 Å². The largest absolute Gasteiger partial charge is 0.469 e. The number of H-pyrrole nitrogens is 1. The number of carbonyl (C=O) groups is 1. The van der Waals surface area contributed by atoms with Crippen molar-refractivity contribution in [1.29, 1.82) is 0 Å². The molecule has 4 nitrogen and oxygen atoms in total. The van der Waals surface area contributed by atoms with E-state index in [1.54, 1.807) is 11.8 Å². The van der Waals surface area contributed by atoms with Gasteiger partial charge >= 0.3 is 5.97 Å². The molecule has 0 amide bonds. The smallest absolute Gasteiger partial charge is 0.306 e. The molecule has 0 spiro atoms. The molecule has 17 heavy (non-hydrogen) atoms. The minimum Gasteiger partial charge on any atom is -0.469 e. The normalized spacial score (nSPS) is 12.6. The molecule has 0 saturated heterocycles. The van der Waals surface area contributed by atoms with Gasteiger partial charge in [-0.1, -0.05) is 30.8 Å². The van der Waals surface area contributed by atoms with E-state index in [2.05, 4.69) is 14.7 Å². The Balaban J connectivity index is 2.05. The summed E-state index contributed by atoms with van der Waals surface area (Å²) in [7, 11) is 1.40. The molecule has 0 saturated carbocycles. The number of ether oxygens (including phenoxy) is 1. The highest BCUT2D eigenvalue weighted by atomic mass is 32.2. The van der Waals surface area contributed by atoms with Gasteiger partial charge in [0, 0.05) is 5.25 Å². The number of aromatic nitrogens is 2. The predicted octanol–water partition coefficient (Wildman–Crippen LogP) is 2.61. The number of thioether (sulfide) groups is 1. The average Bonchev–Trinajstić information content (AvgIpc) is 2.70. The van der Waals surface area contributed by atoms with E-state index >= 15 is 0 Å². The zero-order valence-electron chi connectivity index (χ0n) is 9.77. The first-order chi connectivity index (χ1) is 8.19. The highest BCUT2D eigenvalue weighted by Crippen LogP contribution is 2.24. The maximum atomic E-state index is 11.1. The number of carbonyl (C=O) groups excluding carboxylic acids is 1. The zero-order valence-corrected chi connectivity index (χ0v) is 10.6. The van der Waals surface area contributed by atoms with Gasteiger partial charge in [0.25, 0.3) is 0 Å². The first-order valence-corrected chi connectivity index (χ1v) is 6.25. The Bertz CT molecular complexity index is 491. The third kappa shape index (κ3) is 3.00. The van der Waals surface area contributed by atoms with E-state index in [1.807, 2.05) is 31.2 Å². The predicted molar refractivity (Wildman–Crippen MR) is 68.0 cm³/mol. The van der Waals surface area contributed by atoms with Gasteiger partial charge in [-0.05, 0) is 12.1 Å². The van der Waals surface area contributed by atoms with Crippen LogP contribution in [-0.4, -0.2) is 28.3 Å². The first kappa shape index (κ1) is 12.0. The summed E-state index contributed by atoms with van der Waals surface area (Å²) < 4.78 is 4.63. The van der Waals surface area contributed by atoms with Crippen LogP contribution in [0.1, 0.15) is 13.3 Å². The number of para-hydroxylation sites is 2. The summed E-state index contributed by atoms with van der Waals surface area (Å²) >= 11 is 1.55. The molecule has 2 rings (SSSR count). The maximum absolute atomic E-state index is 11.1. The van der Waals surface area contributed by atoms with E-state index in [0.717, 1.165) is 16.2 Å². The third-order valence-electron chi connectivity index (χ3n) is 2.36. The minimum absolute atomic E-state index is 0.142. The molecule has 5 heteroatoms. The van der Waals surface area contributed by atoms with Gasteiger partial charge < -0.3 is 9.72 Å². The minimum atomic E-state index is -0.193. The van der Waals surface area contributed by atoms with Crippen LogP contribution in [0.2, 0.25) is 0 Å². The number of aromatic amines is 1. The lowest BCUT2D eigenvalue weighted by atomic mass is 10.3. The van der Waals surface area contributed by atoms with Gasteiger partial charge in [0.1, 0.15) is 0 Å². The van der Waals surface area contributed by atoms with Crippen LogP contribution in [0, 0.1) is 0 Å². The van der Waals surface area contributed by atoms with E-state index < -0.39 is 0 Å². The molecule has 1 heterocycles. The molecule has 0 radical (unpaired) electrons. The average molecular weight is 250 g/mol. The number of hydrogen-bond donors (Lipinski definition) is 1. The Labute approximate surface area is 104 Å². The van der Waals surface area contributed by atoms with Crippen molar-refractivity contribution in [3.63, 3.8) is 0 Å². The first-order valence-electron chi connectivity index (χ1n) is 5.37. The topological polar surface area (TPSA) is 55.0 Å². The third-order valence-corrected chi connectivity index (χ3v) is 3.35. The van der Waals surface area contributed by atoms with Crippen LogP contribution in [0.3, 0.4) is 0 Å². The molecular formula is C12H14N2O2S. The molecule has 0 aliphatic carbocycles. The summed E-state index contributed by atoms with van der Waals surface area (Å²) in [6, 6.07) is 7.86. The number of nitrogens with one attached hydrogen (secondary N) is 1. The number of esters is 1. The fraction of sp³-hybridized carbons (Fsp3) is 0.333. The summed E-state index contributed by atoms with van der Waals surface area (Å²) in [5.74, 6) is -0.193. The number of hydrogen-bond acceptors (Lipinski definition) is 4. The van der Waals surface area contributed by atoms with Gasteiger partial charge in [0.15, 0.2) is 5.16 Å². The molecular weight excluding hydrogens is 236 g/mol. The van der Waals surface area contributed by atoms with Crippen molar-refractivity contribution in [3.05, 3.63) is 24.3 Å². The quantitative estimate of drug-likeness (QED) is 0.669. The van der Waals surface area contributed by atoms with Gasteiger partial charge in [0.2, 0.25) is 0 Å². The van der Waals surface area contributed by atoms with E-state index in [1.165, 1.54) is 7.11 Å². The van der Waals surface area contributed by atoms with Crippen LogP contribution in [0.15, 0.2) is 29.4 Å². The Morgan fingerprint density at radius 2 is 2.29 bits per heavy atom. The number of imidazole rings is 1. The summed E-state index contributed by atoms with van der Waals surface area (Å²) in [4.78, 5) is 18.8. The van der Waals surface area contributed by atoms with Gasteiger partial charge in [-0.3, -0.25) is 4.79 Å². The van der Waals surface area contributed by atoms with E-state index in [0.29, 0.717) is 6.42 Å². The summed E-state index contributed by atoms with van der Waals surface area (Å²) in [5, 5.41) is 0.977. The van der Waals surface area contributed by atoms with Crippen molar-refractivity contribution in [2.75, 3.05) is 7.11 Å². The lowest BCUT2D eigenvalue weighted by Crippen LogP contribution is -2.08. The molecule has 90 valence electrons. The Morgan fingerprint density at radius 1 is 1.53 bits per heavy atom. The van der Waals surface area contributed by atoms with E-state index in [-0.39, 0.29) is 11.2 Å². The summed E-state index contributed by atoms with van der Waals surface area (Å²) in [5.41, 5.74) is 1.96. The fourth-order valence-corrected chi connectivity index (χ4v) is 2.46. The summed E-state index contributed by atoms with van der Waals surface area (Å²) in [6.07, 6.45) is 0.387. The Morgan fingerprint density at radius 3 is 3.00 bits per heavy atom. The second-order valence-corrected chi connectivity index (χ2v) is 5.19. The standard InChI is InChI=1S/C12H14N2O2S/c1-8(7-11(15)16-2)17-12-13-9-5-3-4-6-10(9)14-12/h3-6,8H,7H2,1-2H3,(H,13,14). The second-order valence-electron chi connectivity index (χ2n) is 3.77. The second kappa shape index (κ2) is 5.23. The Kier molecular flexibility index (Phi) is 3.68. The molecule has 0 aliphatic heterocycles. The molecule has 1 atom stereocenters. The van der Waals surface area contributed by atoms with Crippen molar-refractivity contribution in [2.24, 2.45) is 0 Å². The van der Waals surface area contributed by atoms with Crippen LogP contribution in [0.25, 0.3) is 11.0 Å². The van der Waals surface area contributed by atoms with Crippen molar-refractivity contribution in [1.82, 2.24) is 9.97 Å². The monoisotopic (exact) mass is 250 g/mol. The van der Waals surface area contributed by atoms with Crippen LogP contribution < -0.4 is 0 Å². The molecule has 1 aromatic carbocycles.